The molecule has 1 unspecified atom stereocenters. The third-order valence-electron chi connectivity index (χ3n) is 2.01. The summed E-state index contributed by atoms with van der Waals surface area (Å²) in [4.78, 5) is 11.9. The Morgan fingerprint density at radius 3 is 2.22 bits per heavy atom. The smallest absolute Gasteiger partial charge is 0.319 e. The lowest BCUT2D eigenvalue weighted by Gasteiger charge is -2.24. The number of halogens is 2. The van der Waals surface area contributed by atoms with Crippen LogP contribution in [0.2, 0.25) is 0 Å². The molecule has 0 aliphatic rings. The number of hydrogen-bond donors (Lipinski definition) is 0. The molecule has 0 saturated carbocycles. The minimum absolute atomic E-state index is 0.179. The number of hydrogen-bond acceptors (Lipinski definition) is 3. The SMILES string of the molecule is CC(C)CC(SCCC(F)F)C(=O)OC(C)(C)C. The van der Waals surface area contributed by atoms with Gasteiger partial charge in [0.05, 0.1) is 0 Å². The fourth-order valence-electron chi connectivity index (χ4n) is 1.33. The van der Waals surface area contributed by atoms with Crippen molar-refractivity contribution in [1.29, 1.82) is 0 Å². The van der Waals surface area contributed by atoms with Crippen LogP contribution >= 0.6 is 11.8 Å². The highest BCUT2D eigenvalue weighted by Gasteiger charge is 2.26. The van der Waals surface area contributed by atoms with E-state index in [0.29, 0.717) is 12.3 Å². The maximum Gasteiger partial charge on any atom is 0.319 e. The summed E-state index contributed by atoms with van der Waals surface area (Å²) in [6, 6.07) is 0. The summed E-state index contributed by atoms with van der Waals surface area (Å²) in [7, 11) is 0. The summed E-state index contributed by atoms with van der Waals surface area (Å²) < 4.78 is 29.5. The van der Waals surface area contributed by atoms with Gasteiger partial charge in [0.2, 0.25) is 6.43 Å². The highest BCUT2D eigenvalue weighted by molar-refractivity contribution is 8.00. The van der Waals surface area contributed by atoms with Crippen LogP contribution in [0.5, 0.6) is 0 Å². The monoisotopic (exact) mass is 282 g/mol. The Balaban J connectivity index is 4.33. The van der Waals surface area contributed by atoms with Gasteiger partial charge in [-0.1, -0.05) is 13.8 Å². The zero-order valence-corrected chi connectivity index (χ0v) is 12.7. The van der Waals surface area contributed by atoms with E-state index in [2.05, 4.69) is 0 Å². The van der Waals surface area contributed by atoms with Crippen LogP contribution in [-0.2, 0) is 9.53 Å². The van der Waals surface area contributed by atoms with Crippen LogP contribution < -0.4 is 0 Å². The third-order valence-corrected chi connectivity index (χ3v) is 3.27. The molecule has 18 heavy (non-hydrogen) atoms. The Kier molecular flexibility index (Phi) is 7.83. The van der Waals surface area contributed by atoms with Gasteiger partial charge >= 0.3 is 5.97 Å². The number of esters is 1. The summed E-state index contributed by atoms with van der Waals surface area (Å²) in [6.07, 6.45) is -1.83. The lowest BCUT2D eigenvalue weighted by Crippen LogP contribution is -2.31. The van der Waals surface area contributed by atoms with Crippen molar-refractivity contribution in [3.05, 3.63) is 0 Å². The largest absolute Gasteiger partial charge is 0.459 e. The highest BCUT2D eigenvalue weighted by atomic mass is 32.2. The van der Waals surface area contributed by atoms with Gasteiger partial charge in [0.1, 0.15) is 10.9 Å². The molecule has 0 aromatic rings. The molecule has 1 atom stereocenters. The van der Waals surface area contributed by atoms with E-state index < -0.39 is 12.0 Å². The second-order valence-electron chi connectivity index (χ2n) is 5.70. The fourth-order valence-corrected chi connectivity index (χ4v) is 2.63. The maximum atomic E-state index is 12.1. The standard InChI is InChI=1S/C13H24F2O2S/c1-9(2)8-10(18-7-6-11(14)15)12(16)17-13(3,4)5/h9-11H,6-8H2,1-5H3. The molecule has 0 aliphatic heterocycles. The molecule has 0 aromatic heterocycles. The molecule has 0 N–H and O–H groups in total. The van der Waals surface area contributed by atoms with Gasteiger partial charge in [-0.2, -0.15) is 0 Å². The molecule has 0 fully saturated rings. The normalized spacial score (nSPS) is 14.1. The number of carbonyl (C=O) groups excluding carboxylic acids is 1. The van der Waals surface area contributed by atoms with Crippen molar-refractivity contribution in [2.45, 2.75) is 64.7 Å². The number of thioether (sulfide) groups is 1. The first-order chi connectivity index (χ1) is 8.11. The fraction of sp³-hybridized carbons (Fsp3) is 0.923. The molecule has 0 spiro atoms. The molecule has 0 rings (SSSR count). The van der Waals surface area contributed by atoms with E-state index in [0.717, 1.165) is 0 Å². The average Bonchev–Trinajstić information content (AvgIpc) is 2.12. The number of alkyl halides is 2. The Morgan fingerprint density at radius 1 is 1.28 bits per heavy atom. The quantitative estimate of drug-likeness (QED) is 0.657. The van der Waals surface area contributed by atoms with Crippen LogP contribution in [0.25, 0.3) is 0 Å². The van der Waals surface area contributed by atoms with Gasteiger partial charge in [-0.3, -0.25) is 4.79 Å². The highest BCUT2D eigenvalue weighted by Crippen LogP contribution is 2.24. The van der Waals surface area contributed by atoms with Crippen LogP contribution in [0.1, 0.15) is 47.5 Å². The van der Waals surface area contributed by atoms with Gasteiger partial charge in [-0.25, -0.2) is 8.78 Å². The molecule has 0 radical (unpaired) electrons. The van der Waals surface area contributed by atoms with Crippen molar-refractivity contribution in [3.8, 4) is 0 Å². The van der Waals surface area contributed by atoms with E-state index in [9.17, 15) is 13.6 Å². The first-order valence-corrected chi connectivity index (χ1v) is 7.29. The number of carbonyl (C=O) groups is 1. The van der Waals surface area contributed by atoms with E-state index in [1.807, 2.05) is 13.8 Å². The summed E-state index contributed by atoms with van der Waals surface area (Å²) in [6.45, 7) is 9.43. The van der Waals surface area contributed by atoms with E-state index in [1.54, 1.807) is 20.8 Å². The lowest BCUT2D eigenvalue weighted by molar-refractivity contribution is -0.154. The van der Waals surface area contributed by atoms with Crippen molar-refractivity contribution in [2.75, 3.05) is 5.75 Å². The van der Waals surface area contributed by atoms with Gasteiger partial charge in [-0.15, -0.1) is 11.8 Å². The molecule has 0 aromatic carbocycles. The lowest BCUT2D eigenvalue weighted by atomic mass is 10.1. The van der Waals surface area contributed by atoms with E-state index in [1.165, 1.54) is 11.8 Å². The van der Waals surface area contributed by atoms with E-state index >= 15 is 0 Å². The topological polar surface area (TPSA) is 26.3 Å². The van der Waals surface area contributed by atoms with Crippen LogP contribution in [0.15, 0.2) is 0 Å². The second kappa shape index (κ2) is 7.97. The van der Waals surface area contributed by atoms with Crippen molar-refractivity contribution < 1.29 is 18.3 Å². The second-order valence-corrected chi connectivity index (χ2v) is 7.01. The van der Waals surface area contributed by atoms with Gasteiger partial charge in [0.15, 0.2) is 0 Å². The van der Waals surface area contributed by atoms with Crippen molar-refractivity contribution >= 4 is 17.7 Å². The van der Waals surface area contributed by atoms with Gasteiger partial charge < -0.3 is 4.74 Å². The summed E-state index contributed by atoms with van der Waals surface area (Å²) >= 11 is 1.27. The Labute approximate surface area is 113 Å². The van der Waals surface area contributed by atoms with Gasteiger partial charge in [-0.05, 0) is 38.9 Å². The molecule has 0 saturated heterocycles. The molecule has 0 aliphatic carbocycles. The molecule has 108 valence electrons. The minimum atomic E-state index is -2.31. The Hall–Kier alpha value is -0.320. The van der Waals surface area contributed by atoms with Crippen molar-refractivity contribution in [2.24, 2.45) is 5.92 Å². The zero-order chi connectivity index (χ0) is 14.3. The van der Waals surface area contributed by atoms with Crippen LogP contribution in [0.3, 0.4) is 0 Å². The maximum absolute atomic E-state index is 12.1. The van der Waals surface area contributed by atoms with E-state index in [-0.39, 0.29) is 23.4 Å². The number of ether oxygens (including phenoxy) is 1. The first-order valence-electron chi connectivity index (χ1n) is 6.24. The van der Waals surface area contributed by atoms with Gasteiger partial charge in [0.25, 0.3) is 0 Å². The molecular weight excluding hydrogens is 258 g/mol. The molecule has 5 heteroatoms. The van der Waals surface area contributed by atoms with Crippen LogP contribution in [-0.4, -0.2) is 29.0 Å². The first kappa shape index (κ1) is 17.7. The Bertz CT molecular complexity index is 250. The zero-order valence-electron chi connectivity index (χ0n) is 11.8. The van der Waals surface area contributed by atoms with Crippen LogP contribution in [0.4, 0.5) is 8.78 Å². The molecule has 0 bridgehead atoms. The molecule has 2 nitrogen and oxygen atoms in total. The predicted octanol–water partition coefficient (Wildman–Crippen LogP) is 4.13. The van der Waals surface area contributed by atoms with Crippen molar-refractivity contribution in [3.63, 3.8) is 0 Å². The Morgan fingerprint density at radius 2 is 1.83 bits per heavy atom. The molecule has 0 amide bonds. The minimum Gasteiger partial charge on any atom is -0.459 e. The summed E-state index contributed by atoms with van der Waals surface area (Å²) in [5.41, 5.74) is -0.532. The summed E-state index contributed by atoms with van der Waals surface area (Å²) in [5, 5.41) is -0.344. The van der Waals surface area contributed by atoms with E-state index in [4.69, 9.17) is 4.74 Å². The number of rotatable bonds is 7. The predicted molar refractivity (Wildman–Crippen MR) is 72.2 cm³/mol. The average molecular weight is 282 g/mol. The molecule has 0 heterocycles. The van der Waals surface area contributed by atoms with Crippen molar-refractivity contribution in [1.82, 2.24) is 0 Å². The molecular formula is C13H24F2O2S. The van der Waals surface area contributed by atoms with Crippen LogP contribution in [0, 0.1) is 5.92 Å². The van der Waals surface area contributed by atoms with Gasteiger partial charge in [0, 0.05) is 6.42 Å². The third kappa shape index (κ3) is 9.68. The summed E-state index contributed by atoms with van der Waals surface area (Å²) in [5.74, 6) is 0.325.